The van der Waals surface area contributed by atoms with Crippen LogP contribution in [-0.4, -0.2) is 16.7 Å². The van der Waals surface area contributed by atoms with Crippen molar-refractivity contribution in [2.24, 2.45) is 0 Å². The van der Waals surface area contributed by atoms with Crippen molar-refractivity contribution in [1.29, 1.82) is 0 Å². The maximum atomic E-state index is 11.7. The lowest BCUT2D eigenvalue weighted by atomic mass is 10.2. The lowest BCUT2D eigenvalue weighted by Crippen LogP contribution is -2.34. The van der Waals surface area contributed by atoms with E-state index in [2.05, 4.69) is 10.3 Å². The van der Waals surface area contributed by atoms with E-state index in [0.29, 0.717) is 11.5 Å². The average Bonchev–Trinajstić information content (AvgIpc) is 2.69. The average molecular weight is 262 g/mol. The second kappa shape index (κ2) is 4.91. The van der Waals surface area contributed by atoms with Crippen molar-refractivity contribution in [3.63, 3.8) is 0 Å². The van der Waals surface area contributed by atoms with Crippen LogP contribution in [0.1, 0.15) is 39.6 Å². The lowest BCUT2D eigenvalue weighted by molar-refractivity contribution is 0.0501. The lowest BCUT2D eigenvalue weighted by Gasteiger charge is -2.20. The van der Waals surface area contributed by atoms with Gasteiger partial charge in [0.1, 0.15) is 17.2 Å². The molecule has 0 radical (unpaired) electrons. The van der Waals surface area contributed by atoms with E-state index in [4.69, 9.17) is 9.15 Å². The number of oxazole rings is 1. The van der Waals surface area contributed by atoms with Gasteiger partial charge in [-0.15, -0.1) is 0 Å². The van der Waals surface area contributed by atoms with Gasteiger partial charge in [-0.3, -0.25) is 0 Å². The molecule has 2 aromatic rings. The van der Waals surface area contributed by atoms with Gasteiger partial charge in [0, 0.05) is 0 Å². The van der Waals surface area contributed by atoms with Crippen LogP contribution in [0.4, 0.5) is 4.79 Å². The molecule has 1 aromatic carbocycles. The zero-order valence-electron chi connectivity index (χ0n) is 11.6. The molecule has 19 heavy (non-hydrogen) atoms. The predicted molar refractivity (Wildman–Crippen MR) is 71.8 cm³/mol. The molecule has 0 aliphatic heterocycles. The molecule has 0 bridgehead atoms. The molecule has 1 atom stereocenters. The molecule has 0 spiro atoms. The first kappa shape index (κ1) is 13.4. The summed E-state index contributed by atoms with van der Waals surface area (Å²) in [5, 5.41) is 2.70. The number of alkyl carbamates (subject to hydrolysis) is 1. The number of carbonyl (C=O) groups excluding carboxylic acids is 1. The van der Waals surface area contributed by atoms with Crippen LogP contribution in [0.15, 0.2) is 28.7 Å². The molecule has 2 rings (SSSR count). The molecule has 0 saturated carbocycles. The van der Waals surface area contributed by atoms with Crippen molar-refractivity contribution in [2.75, 3.05) is 0 Å². The predicted octanol–water partition coefficient (Wildman–Crippen LogP) is 3.41. The van der Waals surface area contributed by atoms with Crippen molar-refractivity contribution in [3.8, 4) is 0 Å². The number of nitrogens with zero attached hydrogens (tertiary/aromatic N) is 1. The molecule has 0 aliphatic rings. The number of hydrogen-bond acceptors (Lipinski definition) is 4. The first-order chi connectivity index (χ1) is 8.85. The number of para-hydroxylation sites is 2. The summed E-state index contributed by atoms with van der Waals surface area (Å²) in [6, 6.07) is 7.13. The molecule has 0 unspecified atom stereocenters. The fourth-order valence-corrected chi connectivity index (χ4v) is 1.62. The van der Waals surface area contributed by atoms with Gasteiger partial charge >= 0.3 is 6.09 Å². The molecule has 0 aliphatic carbocycles. The van der Waals surface area contributed by atoms with E-state index < -0.39 is 11.7 Å². The Hall–Kier alpha value is -2.04. The fraction of sp³-hybridized carbons (Fsp3) is 0.429. The van der Waals surface area contributed by atoms with Gasteiger partial charge in [0.15, 0.2) is 5.58 Å². The number of carbonyl (C=O) groups is 1. The smallest absolute Gasteiger partial charge is 0.408 e. The number of rotatable bonds is 2. The minimum Gasteiger partial charge on any atom is -0.444 e. The number of amides is 1. The van der Waals surface area contributed by atoms with Crippen molar-refractivity contribution >= 4 is 17.2 Å². The Labute approximate surface area is 112 Å². The molecular weight excluding hydrogens is 244 g/mol. The Morgan fingerprint density at radius 3 is 2.68 bits per heavy atom. The van der Waals surface area contributed by atoms with Crippen LogP contribution in [0.3, 0.4) is 0 Å². The topological polar surface area (TPSA) is 64.4 Å². The summed E-state index contributed by atoms with van der Waals surface area (Å²) in [6.45, 7) is 7.25. The minimum atomic E-state index is -0.523. The van der Waals surface area contributed by atoms with E-state index in [9.17, 15) is 4.79 Å². The van der Waals surface area contributed by atoms with E-state index >= 15 is 0 Å². The van der Waals surface area contributed by atoms with E-state index in [-0.39, 0.29) is 6.04 Å². The Bertz CT molecular complexity index is 551. The molecule has 1 N–H and O–H groups in total. The molecule has 1 aromatic heterocycles. The summed E-state index contributed by atoms with van der Waals surface area (Å²) >= 11 is 0. The molecule has 5 nitrogen and oxygen atoms in total. The highest BCUT2D eigenvalue weighted by molar-refractivity contribution is 5.72. The Morgan fingerprint density at radius 1 is 1.37 bits per heavy atom. The van der Waals surface area contributed by atoms with Crippen LogP contribution >= 0.6 is 0 Å². The van der Waals surface area contributed by atoms with Crippen LogP contribution < -0.4 is 5.32 Å². The summed E-state index contributed by atoms with van der Waals surface area (Å²) in [5.41, 5.74) is 0.955. The molecule has 5 heteroatoms. The number of aromatic nitrogens is 1. The van der Waals surface area contributed by atoms with Gasteiger partial charge in [0.05, 0.1) is 0 Å². The van der Waals surface area contributed by atoms with Gasteiger partial charge in [0.25, 0.3) is 0 Å². The van der Waals surface area contributed by atoms with Gasteiger partial charge in [-0.25, -0.2) is 9.78 Å². The van der Waals surface area contributed by atoms with Crippen LogP contribution in [0.2, 0.25) is 0 Å². The van der Waals surface area contributed by atoms with Gasteiger partial charge < -0.3 is 14.5 Å². The van der Waals surface area contributed by atoms with E-state index in [1.54, 1.807) is 6.92 Å². The van der Waals surface area contributed by atoms with Gasteiger partial charge in [-0.05, 0) is 39.8 Å². The van der Waals surface area contributed by atoms with Gasteiger partial charge in [-0.2, -0.15) is 0 Å². The molecule has 1 amide bonds. The van der Waals surface area contributed by atoms with E-state index in [1.165, 1.54) is 0 Å². The Morgan fingerprint density at radius 2 is 2.05 bits per heavy atom. The van der Waals surface area contributed by atoms with Crippen LogP contribution in [0.25, 0.3) is 11.1 Å². The number of nitrogens with one attached hydrogen (secondary N) is 1. The fourth-order valence-electron chi connectivity index (χ4n) is 1.62. The summed E-state index contributed by atoms with van der Waals surface area (Å²) in [5.74, 6) is 0.465. The number of hydrogen-bond donors (Lipinski definition) is 1. The maximum absolute atomic E-state index is 11.7. The second-order valence-electron chi connectivity index (χ2n) is 5.39. The highest BCUT2D eigenvalue weighted by Gasteiger charge is 2.20. The standard InChI is InChI=1S/C14H18N2O3/c1-9(15-13(17)19-14(2,3)4)12-16-10-7-5-6-8-11(10)18-12/h5-9H,1-4H3,(H,15,17)/t9-/m0/s1. The molecule has 0 saturated heterocycles. The first-order valence-corrected chi connectivity index (χ1v) is 6.20. The Balaban J connectivity index is 2.07. The van der Waals surface area contributed by atoms with Crippen molar-refractivity contribution < 1.29 is 13.9 Å². The third-order valence-corrected chi connectivity index (χ3v) is 2.41. The molecule has 102 valence electrons. The van der Waals surface area contributed by atoms with Crippen LogP contribution in [0.5, 0.6) is 0 Å². The normalized spacial score (nSPS) is 13.3. The zero-order chi connectivity index (χ0) is 14.0. The third kappa shape index (κ3) is 3.47. The monoisotopic (exact) mass is 262 g/mol. The molecular formula is C14H18N2O3. The first-order valence-electron chi connectivity index (χ1n) is 6.20. The summed E-state index contributed by atoms with van der Waals surface area (Å²) in [4.78, 5) is 16.0. The van der Waals surface area contributed by atoms with Crippen molar-refractivity contribution in [1.82, 2.24) is 10.3 Å². The zero-order valence-corrected chi connectivity index (χ0v) is 11.6. The quantitative estimate of drug-likeness (QED) is 0.900. The summed E-state index contributed by atoms with van der Waals surface area (Å²) in [6.07, 6.45) is -0.484. The minimum absolute atomic E-state index is 0.345. The van der Waals surface area contributed by atoms with Crippen molar-refractivity contribution in [3.05, 3.63) is 30.2 Å². The molecule has 0 fully saturated rings. The van der Waals surface area contributed by atoms with Crippen molar-refractivity contribution in [2.45, 2.75) is 39.3 Å². The molecule has 1 heterocycles. The van der Waals surface area contributed by atoms with E-state index in [0.717, 1.165) is 5.52 Å². The maximum Gasteiger partial charge on any atom is 0.408 e. The largest absolute Gasteiger partial charge is 0.444 e. The number of benzene rings is 1. The van der Waals surface area contributed by atoms with Gasteiger partial charge in [-0.1, -0.05) is 12.1 Å². The highest BCUT2D eigenvalue weighted by Crippen LogP contribution is 2.20. The van der Waals surface area contributed by atoms with Gasteiger partial charge in [0.2, 0.25) is 5.89 Å². The van der Waals surface area contributed by atoms with Crippen LogP contribution in [-0.2, 0) is 4.74 Å². The van der Waals surface area contributed by atoms with E-state index in [1.807, 2.05) is 45.0 Å². The third-order valence-electron chi connectivity index (χ3n) is 2.41. The SMILES string of the molecule is C[C@H](NC(=O)OC(C)(C)C)c1nc2ccccc2o1. The summed E-state index contributed by atoms with van der Waals surface area (Å²) < 4.78 is 10.8. The number of fused-ring (bicyclic) bond motifs is 1. The second-order valence-corrected chi connectivity index (χ2v) is 5.39. The number of ether oxygens (including phenoxy) is 1. The summed E-state index contributed by atoms with van der Waals surface area (Å²) in [7, 11) is 0. The Kier molecular flexibility index (Phi) is 3.46. The van der Waals surface area contributed by atoms with Crippen LogP contribution in [0, 0.1) is 0 Å². The highest BCUT2D eigenvalue weighted by atomic mass is 16.6.